The molecule has 0 atom stereocenters. The molecule has 2 rings (SSSR count). The fraction of sp³-hybridized carbons (Fsp3) is 0.529. The fourth-order valence-corrected chi connectivity index (χ4v) is 2.59. The third-order valence-electron chi connectivity index (χ3n) is 4.39. The minimum atomic E-state index is -0.544. The number of hydrogen-bond donors (Lipinski definition) is 2. The third-order valence-corrected chi connectivity index (χ3v) is 4.39. The number of carbonyl (C=O) groups is 2. The highest BCUT2D eigenvalue weighted by Gasteiger charge is 2.38. The Kier molecular flexibility index (Phi) is 5.74. The molecule has 0 bridgehead atoms. The Labute approximate surface area is 137 Å². The second kappa shape index (κ2) is 7.57. The van der Waals surface area contributed by atoms with Crippen molar-refractivity contribution in [1.29, 1.82) is 0 Å². The minimum Gasteiger partial charge on any atom is -0.381 e. The van der Waals surface area contributed by atoms with Crippen molar-refractivity contribution in [2.24, 2.45) is 11.1 Å². The molecule has 23 heavy (non-hydrogen) atoms. The highest BCUT2D eigenvalue weighted by molar-refractivity contribution is 5.95. The molecule has 6 heteroatoms. The minimum absolute atomic E-state index is 0.0473. The lowest BCUT2D eigenvalue weighted by Gasteiger charge is -2.34. The van der Waals surface area contributed by atoms with Crippen LogP contribution in [0.4, 0.5) is 5.69 Å². The van der Waals surface area contributed by atoms with Crippen LogP contribution < -0.4 is 11.1 Å². The van der Waals surface area contributed by atoms with Gasteiger partial charge in [-0.05, 0) is 30.5 Å². The Morgan fingerprint density at radius 1 is 1.22 bits per heavy atom. The fourth-order valence-electron chi connectivity index (χ4n) is 2.59. The largest absolute Gasteiger partial charge is 0.381 e. The van der Waals surface area contributed by atoms with Gasteiger partial charge in [0.1, 0.15) is 0 Å². The smallest absolute Gasteiger partial charge is 0.232 e. The van der Waals surface area contributed by atoms with E-state index < -0.39 is 5.41 Å². The Balaban J connectivity index is 2.00. The maximum absolute atomic E-state index is 12.6. The zero-order valence-corrected chi connectivity index (χ0v) is 13.8. The predicted octanol–water partition coefficient (Wildman–Crippen LogP) is 1.01. The number of carbonyl (C=O) groups excluding carboxylic acids is 2. The molecule has 6 nitrogen and oxygen atoms in total. The van der Waals surface area contributed by atoms with Gasteiger partial charge >= 0.3 is 0 Å². The van der Waals surface area contributed by atoms with Gasteiger partial charge < -0.3 is 20.7 Å². The summed E-state index contributed by atoms with van der Waals surface area (Å²) in [5.41, 5.74) is 6.93. The van der Waals surface area contributed by atoms with E-state index in [9.17, 15) is 9.59 Å². The molecule has 1 fully saturated rings. The van der Waals surface area contributed by atoms with Gasteiger partial charge in [0.2, 0.25) is 11.8 Å². The molecule has 126 valence electrons. The van der Waals surface area contributed by atoms with Gasteiger partial charge in [-0.2, -0.15) is 0 Å². The Hall–Kier alpha value is -1.92. The quantitative estimate of drug-likeness (QED) is 0.848. The van der Waals surface area contributed by atoms with Crippen LogP contribution in [0, 0.1) is 5.41 Å². The van der Waals surface area contributed by atoms with Crippen LogP contribution in [0.5, 0.6) is 0 Å². The molecule has 1 aromatic rings. The summed E-state index contributed by atoms with van der Waals surface area (Å²) in [6.07, 6.45) is 1.64. The maximum Gasteiger partial charge on any atom is 0.232 e. The van der Waals surface area contributed by atoms with Gasteiger partial charge in [0.05, 0.1) is 11.8 Å². The third kappa shape index (κ3) is 4.30. The molecule has 1 aliphatic heterocycles. The highest BCUT2D eigenvalue weighted by Crippen LogP contribution is 2.30. The number of nitrogens with one attached hydrogen (secondary N) is 1. The van der Waals surface area contributed by atoms with E-state index in [0.717, 1.165) is 11.3 Å². The number of amides is 2. The van der Waals surface area contributed by atoms with E-state index in [2.05, 4.69) is 5.32 Å². The number of nitrogens with two attached hydrogens (primary N) is 1. The molecule has 2 amide bonds. The van der Waals surface area contributed by atoms with E-state index in [0.29, 0.717) is 39.0 Å². The topological polar surface area (TPSA) is 84.7 Å². The molecule has 0 saturated carbocycles. The van der Waals surface area contributed by atoms with Gasteiger partial charge in [0.25, 0.3) is 0 Å². The lowest BCUT2D eigenvalue weighted by atomic mass is 9.79. The average Bonchev–Trinajstić information content (AvgIpc) is 2.57. The lowest BCUT2D eigenvalue weighted by Crippen LogP contribution is -2.46. The number of benzene rings is 1. The van der Waals surface area contributed by atoms with Crippen molar-refractivity contribution in [1.82, 2.24) is 4.90 Å². The van der Waals surface area contributed by atoms with Gasteiger partial charge in [-0.25, -0.2) is 0 Å². The summed E-state index contributed by atoms with van der Waals surface area (Å²) in [5.74, 6) is -0.00788. The second-order valence-corrected chi connectivity index (χ2v) is 6.21. The van der Waals surface area contributed by atoms with E-state index in [4.69, 9.17) is 10.5 Å². The molecule has 3 N–H and O–H groups in total. The molecule has 1 aromatic carbocycles. The van der Waals surface area contributed by atoms with Crippen LogP contribution in [0.2, 0.25) is 0 Å². The van der Waals surface area contributed by atoms with Gasteiger partial charge in [-0.3, -0.25) is 9.59 Å². The van der Waals surface area contributed by atoms with E-state index >= 15 is 0 Å². The van der Waals surface area contributed by atoms with E-state index in [1.165, 1.54) is 0 Å². The van der Waals surface area contributed by atoms with Gasteiger partial charge in [-0.15, -0.1) is 0 Å². The standard InChI is InChI=1S/C17H25N3O3/c1-20(2)15(21)11-13-3-5-14(6-4-13)19-16(22)17(12-18)7-9-23-10-8-17/h3-6H,7-12,18H2,1-2H3,(H,19,22). The number of hydrogen-bond acceptors (Lipinski definition) is 4. The van der Waals surface area contributed by atoms with Gasteiger partial charge in [0.15, 0.2) is 0 Å². The van der Waals surface area contributed by atoms with E-state index in [1.807, 2.05) is 24.3 Å². The molecule has 0 unspecified atom stereocenters. The highest BCUT2D eigenvalue weighted by atomic mass is 16.5. The summed E-state index contributed by atoms with van der Waals surface area (Å²) in [6.45, 7) is 1.45. The first-order valence-electron chi connectivity index (χ1n) is 7.85. The molecular weight excluding hydrogens is 294 g/mol. The van der Waals surface area contributed by atoms with Crippen LogP contribution in [0.3, 0.4) is 0 Å². The Morgan fingerprint density at radius 3 is 2.35 bits per heavy atom. The SMILES string of the molecule is CN(C)C(=O)Cc1ccc(NC(=O)C2(CN)CCOCC2)cc1. The van der Waals surface area contributed by atoms with E-state index in [-0.39, 0.29) is 11.8 Å². The maximum atomic E-state index is 12.6. The molecule has 1 heterocycles. The first-order valence-corrected chi connectivity index (χ1v) is 7.85. The summed E-state index contributed by atoms with van der Waals surface area (Å²) in [6, 6.07) is 7.35. The monoisotopic (exact) mass is 319 g/mol. The average molecular weight is 319 g/mol. The number of ether oxygens (including phenoxy) is 1. The van der Waals surface area contributed by atoms with Crippen LogP contribution in [0.25, 0.3) is 0 Å². The van der Waals surface area contributed by atoms with Crippen LogP contribution in [0.1, 0.15) is 18.4 Å². The first-order chi connectivity index (χ1) is 11.0. The van der Waals surface area contributed by atoms with Crippen molar-refractivity contribution in [3.63, 3.8) is 0 Å². The number of rotatable bonds is 5. The van der Waals surface area contributed by atoms with Crippen LogP contribution in [0.15, 0.2) is 24.3 Å². The molecule has 0 radical (unpaired) electrons. The number of likely N-dealkylation sites (N-methyl/N-ethyl adjacent to an activating group) is 1. The predicted molar refractivity (Wildman–Crippen MR) is 89.0 cm³/mol. The summed E-state index contributed by atoms with van der Waals surface area (Å²) >= 11 is 0. The van der Waals surface area contributed by atoms with Gasteiger partial charge in [0, 0.05) is 39.5 Å². The molecule has 1 aliphatic rings. The van der Waals surface area contributed by atoms with Crippen molar-refractivity contribution < 1.29 is 14.3 Å². The second-order valence-electron chi connectivity index (χ2n) is 6.21. The normalized spacial score (nSPS) is 16.7. The van der Waals surface area contributed by atoms with E-state index in [1.54, 1.807) is 19.0 Å². The number of nitrogens with zero attached hydrogens (tertiary/aromatic N) is 1. The van der Waals surface area contributed by atoms with Crippen molar-refractivity contribution in [2.45, 2.75) is 19.3 Å². The summed E-state index contributed by atoms with van der Waals surface area (Å²) < 4.78 is 5.33. The molecule has 0 aliphatic carbocycles. The van der Waals surface area contributed by atoms with Crippen molar-refractivity contribution in [3.05, 3.63) is 29.8 Å². The van der Waals surface area contributed by atoms with Crippen molar-refractivity contribution in [2.75, 3.05) is 39.2 Å². The molecular formula is C17H25N3O3. The molecule has 1 saturated heterocycles. The van der Waals surface area contributed by atoms with Crippen molar-refractivity contribution >= 4 is 17.5 Å². The summed E-state index contributed by atoms with van der Waals surface area (Å²) in [5, 5.41) is 2.94. The Morgan fingerprint density at radius 2 is 1.83 bits per heavy atom. The summed E-state index contributed by atoms with van der Waals surface area (Å²) in [4.78, 5) is 25.8. The van der Waals surface area contributed by atoms with Gasteiger partial charge in [-0.1, -0.05) is 12.1 Å². The van der Waals surface area contributed by atoms with Crippen LogP contribution in [-0.2, 0) is 20.7 Å². The molecule has 0 spiro atoms. The lowest BCUT2D eigenvalue weighted by molar-refractivity contribution is -0.130. The van der Waals surface area contributed by atoms with Crippen LogP contribution >= 0.6 is 0 Å². The molecule has 0 aromatic heterocycles. The zero-order chi connectivity index (χ0) is 16.9. The first kappa shape index (κ1) is 17.4. The number of anilines is 1. The zero-order valence-electron chi connectivity index (χ0n) is 13.8. The Bertz CT molecular complexity index is 549. The van der Waals surface area contributed by atoms with Crippen molar-refractivity contribution in [3.8, 4) is 0 Å². The summed E-state index contributed by atoms with van der Waals surface area (Å²) in [7, 11) is 3.47. The van der Waals surface area contributed by atoms with Crippen LogP contribution in [-0.4, -0.2) is 50.6 Å².